The number of rotatable bonds is 4. The maximum Gasteiger partial charge on any atom is 0.191 e. The molecule has 0 bridgehead atoms. The smallest absolute Gasteiger partial charge is 0.191 e. The predicted molar refractivity (Wildman–Crippen MR) is 85.9 cm³/mol. The molecule has 1 aromatic heterocycles. The lowest BCUT2D eigenvalue weighted by molar-refractivity contribution is 0.301. The van der Waals surface area contributed by atoms with E-state index in [9.17, 15) is 4.39 Å². The van der Waals surface area contributed by atoms with E-state index >= 15 is 0 Å². The van der Waals surface area contributed by atoms with E-state index in [1.54, 1.807) is 12.1 Å². The molecule has 3 aromatic rings. The molecular weight excluding hydrogens is 309 g/mol. The van der Waals surface area contributed by atoms with Gasteiger partial charge in [-0.15, -0.1) is 0 Å². The van der Waals surface area contributed by atoms with E-state index in [-0.39, 0.29) is 5.82 Å². The summed E-state index contributed by atoms with van der Waals surface area (Å²) in [5.74, 6) is 2.48. The number of halogens is 1. The predicted octanol–water partition coefficient (Wildman–Crippen LogP) is 3.50. The maximum atomic E-state index is 13.0. The fourth-order valence-corrected chi connectivity index (χ4v) is 2.54. The molecule has 2 heterocycles. The molecule has 0 amide bonds. The molecule has 5 nitrogen and oxygen atoms in total. The highest BCUT2D eigenvalue weighted by Gasteiger charge is 2.19. The molecule has 0 saturated heterocycles. The number of benzene rings is 2. The Kier molecular flexibility index (Phi) is 3.70. The quantitative estimate of drug-likeness (QED) is 0.798. The third-order valence-corrected chi connectivity index (χ3v) is 3.76. The number of H-pyrrole nitrogens is 1. The van der Waals surface area contributed by atoms with E-state index in [1.165, 1.54) is 18.5 Å². The number of nitrogens with one attached hydrogen (secondary N) is 1. The Morgan fingerprint density at radius 2 is 2.04 bits per heavy atom. The van der Waals surface area contributed by atoms with Crippen LogP contribution in [0, 0.1) is 5.82 Å². The zero-order valence-corrected chi connectivity index (χ0v) is 12.7. The van der Waals surface area contributed by atoms with Gasteiger partial charge in [0.15, 0.2) is 11.6 Å². The van der Waals surface area contributed by atoms with Gasteiger partial charge in [0.25, 0.3) is 0 Å². The lowest BCUT2D eigenvalue weighted by atomic mass is 10.1. The summed E-state index contributed by atoms with van der Waals surface area (Å²) < 4.78 is 24.7. The number of aromatic amines is 1. The van der Waals surface area contributed by atoms with Gasteiger partial charge < -0.3 is 9.47 Å². The molecule has 120 valence electrons. The molecule has 2 aromatic carbocycles. The summed E-state index contributed by atoms with van der Waals surface area (Å²) in [5.41, 5.74) is 1.88. The van der Waals surface area contributed by atoms with E-state index in [0.29, 0.717) is 24.6 Å². The van der Waals surface area contributed by atoms with Crippen molar-refractivity contribution in [3.05, 3.63) is 77.6 Å². The summed E-state index contributed by atoms with van der Waals surface area (Å²) in [4.78, 5) is 4.10. The Labute approximate surface area is 137 Å². The number of nitrogens with zero attached hydrogens (tertiary/aromatic N) is 2. The van der Waals surface area contributed by atoms with Crippen LogP contribution in [0.1, 0.15) is 17.0 Å². The third kappa shape index (κ3) is 2.86. The molecular formula is C18H14FN3O2. The average Bonchev–Trinajstić information content (AvgIpc) is 3.15. The first kappa shape index (κ1) is 14.4. The maximum absolute atomic E-state index is 13.0. The summed E-state index contributed by atoms with van der Waals surface area (Å²) in [6, 6.07) is 11.9. The van der Waals surface area contributed by atoms with Crippen LogP contribution < -0.4 is 9.47 Å². The monoisotopic (exact) mass is 323 g/mol. The zero-order valence-electron chi connectivity index (χ0n) is 12.7. The number of hydrogen-bond acceptors (Lipinski definition) is 4. The lowest BCUT2D eigenvalue weighted by Gasteiger charge is -2.19. The van der Waals surface area contributed by atoms with Gasteiger partial charge in [0.05, 0.1) is 0 Å². The van der Waals surface area contributed by atoms with Crippen molar-refractivity contribution < 1.29 is 13.9 Å². The average molecular weight is 323 g/mol. The van der Waals surface area contributed by atoms with Gasteiger partial charge in [-0.25, -0.2) is 9.37 Å². The van der Waals surface area contributed by atoms with Crippen LogP contribution >= 0.6 is 0 Å². The first-order valence-corrected chi connectivity index (χ1v) is 7.52. The Morgan fingerprint density at radius 1 is 1.17 bits per heavy atom. The van der Waals surface area contributed by atoms with E-state index in [0.717, 1.165) is 22.6 Å². The highest BCUT2D eigenvalue weighted by atomic mass is 19.1. The minimum absolute atomic E-state index is 0.255. The van der Waals surface area contributed by atoms with Gasteiger partial charge in [-0.05, 0) is 35.9 Å². The van der Waals surface area contributed by atoms with Crippen LogP contribution in [0.3, 0.4) is 0 Å². The lowest BCUT2D eigenvalue weighted by Crippen LogP contribution is -2.07. The Bertz CT molecular complexity index is 874. The van der Waals surface area contributed by atoms with Crippen LogP contribution in [0.25, 0.3) is 5.76 Å². The molecule has 0 radical (unpaired) electrons. The molecule has 6 heteroatoms. The van der Waals surface area contributed by atoms with Gasteiger partial charge in [0.2, 0.25) is 0 Å². The highest BCUT2D eigenvalue weighted by Crippen LogP contribution is 2.35. The zero-order chi connectivity index (χ0) is 16.4. The van der Waals surface area contributed by atoms with Crippen molar-refractivity contribution in [1.29, 1.82) is 0 Å². The van der Waals surface area contributed by atoms with E-state index in [2.05, 4.69) is 15.2 Å². The molecule has 0 saturated carbocycles. The van der Waals surface area contributed by atoms with E-state index in [1.807, 2.05) is 24.3 Å². The standard InChI is InChI=1S/C18H14FN3O2/c19-13-6-4-12(5-7-13)10-23-15-2-1-3-16-14(15)8-9-17(24-16)18-20-11-21-22-18/h1-7,9,11H,8,10H2,(H,20,21,22). The van der Waals surface area contributed by atoms with Gasteiger partial charge in [0.1, 0.15) is 30.3 Å². The van der Waals surface area contributed by atoms with Crippen molar-refractivity contribution in [3.8, 4) is 11.5 Å². The molecule has 4 rings (SSSR count). The number of aromatic nitrogens is 3. The van der Waals surface area contributed by atoms with Crippen molar-refractivity contribution in [2.75, 3.05) is 0 Å². The van der Waals surface area contributed by atoms with Gasteiger partial charge in [-0.1, -0.05) is 18.2 Å². The van der Waals surface area contributed by atoms with Crippen molar-refractivity contribution in [3.63, 3.8) is 0 Å². The molecule has 0 atom stereocenters. The topological polar surface area (TPSA) is 60.0 Å². The molecule has 0 fully saturated rings. The van der Waals surface area contributed by atoms with Crippen molar-refractivity contribution in [2.45, 2.75) is 13.0 Å². The Hall–Kier alpha value is -3.15. The Morgan fingerprint density at radius 3 is 2.83 bits per heavy atom. The highest BCUT2D eigenvalue weighted by molar-refractivity contribution is 5.62. The largest absolute Gasteiger partial charge is 0.488 e. The molecule has 1 N–H and O–H groups in total. The van der Waals surface area contributed by atoms with Crippen molar-refractivity contribution in [1.82, 2.24) is 15.2 Å². The van der Waals surface area contributed by atoms with Gasteiger partial charge in [-0.2, -0.15) is 5.10 Å². The van der Waals surface area contributed by atoms with Crippen LogP contribution in [0.2, 0.25) is 0 Å². The summed E-state index contributed by atoms with van der Waals surface area (Å²) in [7, 11) is 0. The van der Waals surface area contributed by atoms with Crippen LogP contribution in [-0.4, -0.2) is 15.2 Å². The minimum Gasteiger partial charge on any atom is -0.488 e. The third-order valence-electron chi connectivity index (χ3n) is 3.76. The second kappa shape index (κ2) is 6.16. The summed E-state index contributed by atoms with van der Waals surface area (Å²) in [6.45, 7) is 0.370. The molecule has 0 unspecified atom stereocenters. The second-order valence-electron chi connectivity index (χ2n) is 5.36. The molecule has 0 aliphatic carbocycles. The molecule has 24 heavy (non-hydrogen) atoms. The second-order valence-corrected chi connectivity index (χ2v) is 5.36. The first-order chi connectivity index (χ1) is 11.8. The van der Waals surface area contributed by atoms with Crippen LogP contribution in [0.15, 0.2) is 54.9 Å². The number of hydrogen-bond donors (Lipinski definition) is 1. The number of fused-ring (bicyclic) bond motifs is 1. The van der Waals surface area contributed by atoms with Crippen LogP contribution in [0.4, 0.5) is 4.39 Å². The van der Waals surface area contributed by atoms with Crippen molar-refractivity contribution >= 4 is 5.76 Å². The van der Waals surface area contributed by atoms with Crippen LogP contribution in [-0.2, 0) is 13.0 Å². The summed E-state index contributed by atoms with van der Waals surface area (Å²) in [5, 5.41) is 6.62. The molecule has 1 aliphatic rings. The van der Waals surface area contributed by atoms with Gasteiger partial charge in [-0.3, -0.25) is 5.10 Å². The normalized spacial score (nSPS) is 13.0. The fraction of sp³-hybridized carbons (Fsp3) is 0.111. The van der Waals surface area contributed by atoms with E-state index in [4.69, 9.17) is 9.47 Å². The van der Waals surface area contributed by atoms with Gasteiger partial charge >= 0.3 is 0 Å². The van der Waals surface area contributed by atoms with Crippen molar-refractivity contribution in [2.24, 2.45) is 0 Å². The van der Waals surface area contributed by atoms with E-state index < -0.39 is 0 Å². The Balaban J connectivity index is 1.52. The van der Waals surface area contributed by atoms with Gasteiger partial charge in [0, 0.05) is 12.0 Å². The fourth-order valence-electron chi connectivity index (χ4n) is 2.54. The molecule has 0 spiro atoms. The first-order valence-electron chi connectivity index (χ1n) is 7.52. The number of ether oxygens (including phenoxy) is 2. The number of allylic oxidation sites excluding steroid dienone is 1. The SMILES string of the molecule is Fc1ccc(COc2cccc3c2CC=C(c2ncn[nH]2)O3)cc1. The molecule has 1 aliphatic heterocycles. The van der Waals surface area contributed by atoms with Crippen LogP contribution in [0.5, 0.6) is 11.5 Å². The minimum atomic E-state index is -0.255. The summed E-state index contributed by atoms with van der Waals surface area (Å²) in [6.07, 6.45) is 4.05. The summed E-state index contributed by atoms with van der Waals surface area (Å²) >= 11 is 0.